The molecule has 0 N–H and O–H groups in total. The molecule has 23 heavy (non-hydrogen) atoms. The van der Waals surface area contributed by atoms with Gasteiger partial charge in [-0.1, -0.05) is 24.3 Å². The SMILES string of the molecule is COC(=O)CN(C)S(=O)(=O)c1cccc2c(N(C)C)cccc12. The number of sulfonamides is 1. The van der Waals surface area contributed by atoms with E-state index in [1.54, 1.807) is 18.2 Å². The van der Waals surface area contributed by atoms with Gasteiger partial charge in [0, 0.05) is 37.6 Å². The molecule has 2 aromatic rings. The summed E-state index contributed by atoms with van der Waals surface area (Å²) in [6.07, 6.45) is 0. The molecule has 0 unspecified atom stereocenters. The molecule has 0 saturated heterocycles. The first-order chi connectivity index (χ1) is 10.8. The number of anilines is 1. The number of esters is 1. The lowest BCUT2D eigenvalue weighted by molar-refractivity contribution is -0.140. The highest BCUT2D eigenvalue weighted by atomic mass is 32.2. The Morgan fingerprint density at radius 2 is 1.65 bits per heavy atom. The number of methoxy groups -OCH3 is 1. The number of hydrogen-bond acceptors (Lipinski definition) is 5. The zero-order valence-corrected chi connectivity index (χ0v) is 14.4. The Balaban J connectivity index is 2.59. The molecule has 0 atom stereocenters. The topological polar surface area (TPSA) is 66.9 Å². The highest BCUT2D eigenvalue weighted by Crippen LogP contribution is 2.31. The van der Waals surface area contributed by atoms with Crippen LogP contribution in [0.15, 0.2) is 41.3 Å². The van der Waals surface area contributed by atoms with Crippen molar-refractivity contribution in [1.29, 1.82) is 0 Å². The van der Waals surface area contributed by atoms with Gasteiger partial charge in [0.1, 0.15) is 6.54 Å². The summed E-state index contributed by atoms with van der Waals surface area (Å²) in [5, 5.41) is 1.46. The third-order valence-corrected chi connectivity index (χ3v) is 5.47. The first kappa shape index (κ1) is 17.2. The van der Waals surface area contributed by atoms with E-state index in [9.17, 15) is 13.2 Å². The largest absolute Gasteiger partial charge is 0.468 e. The van der Waals surface area contributed by atoms with E-state index in [0.717, 1.165) is 15.4 Å². The first-order valence-electron chi connectivity index (χ1n) is 7.01. The van der Waals surface area contributed by atoms with Crippen LogP contribution in [0.4, 0.5) is 5.69 Å². The van der Waals surface area contributed by atoms with Gasteiger partial charge in [0.2, 0.25) is 10.0 Å². The number of ether oxygens (including phenoxy) is 1. The van der Waals surface area contributed by atoms with Crippen LogP contribution in [0.25, 0.3) is 10.8 Å². The average molecular weight is 336 g/mol. The minimum absolute atomic E-state index is 0.171. The third-order valence-electron chi connectivity index (χ3n) is 3.61. The molecule has 0 radical (unpaired) electrons. The molecule has 0 fully saturated rings. The summed E-state index contributed by atoms with van der Waals surface area (Å²) in [6.45, 7) is -0.331. The molecule has 0 aliphatic rings. The Morgan fingerprint density at radius 3 is 2.26 bits per heavy atom. The summed E-state index contributed by atoms with van der Waals surface area (Å²) in [5.41, 5.74) is 0.926. The molecule has 2 rings (SSSR count). The van der Waals surface area contributed by atoms with Gasteiger partial charge < -0.3 is 9.64 Å². The molecular formula is C16H20N2O4S. The van der Waals surface area contributed by atoms with Crippen LogP contribution in [-0.4, -0.2) is 53.5 Å². The van der Waals surface area contributed by atoms with E-state index in [1.807, 2.05) is 37.2 Å². The second-order valence-corrected chi connectivity index (χ2v) is 7.37. The van der Waals surface area contributed by atoms with Gasteiger partial charge in [-0.2, -0.15) is 4.31 Å². The van der Waals surface area contributed by atoms with Crippen LogP contribution in [0.1, 0.15) is 0 Å². The molecule has 0 saturated carbocycles. The molecule has 0 heterocycles. The van der Waals surface area contributed by atoms with Crippen molar-refractivity contribution < 1.29 is 17.9 Å². The number of hydrogen-bond donors (Lipinski definition) is 0. The van der Waals surface area contributed by atoms with Gasteiger partial charge >= 0.3 is 5.97 Å². The van der Waals surface area contributed by atoms with E-state index < -0.39 is 16.0 Å². The zero-order chi connectivity index (χ0) is 17.2. The quantitative estimate of drug-likeness (QED) is 0.778. The fourth-order valence-electron chi connectivity index (χ4n) is 2.38. The molecule has 0 spiro atoms. The van der Waals surface area contributed by atoms with Crippen molar-refractivity contribution in [2.45, 2.75) is 4.90 Å². The van der Waals surface area contributed by atoms with Gasteiger partial charge in [0.15, 0.2) is 0 Å². The van der Waals surface area contributed by atoms with Gasteiger partial charge in [0.25, 0.3) is 0 Å². The number of nitrogens with zero attached hydrogens (tertiary/aromatic N) is 2. The van der Waals surface area contributed by atoms with Crippen molar-refractivity contribution >= 4 is 32.5 Å². The zero-order valence-electron chi connectivity index (χ0n) is 13.6. The molecule has 0 bridgehead atoms. The Labute approximate surface area is 136 Å². The standard InChI is InChI=1S/C16H20N2O4S/c1-17(2)14-9-5-8-13-12(14)7-6-10-15(13)23(20,21)18(3)11-16(19)22-4/h5-10H,11H2,1-4H3. The van der Waals surface area contributed by atoms with Crippen LogP contribution in [-0.2, 0) is 19.6 Å². The molecule has 124 valence electrons. The minimum atomic E-state index is -3.80. The lowest BCUT2D eigenvalue weighted by atomic mass is 10.1. The maximum Gasteiger partial charge on any atom is 0.321 e. The van der Waals surface area contributed by atoms with Crippen LogP contribution in [0.3, 0.4) is 0 Å². The van der Waals surface area contributed by atoms with Crippen molar-refractivity contribution in [1.82, 2.24) is 4.31 Å². The smallest absolute Gasteiger partial charge is 0.321 e. The predicted molar refractivity (Wildman–Crippen MR) is 90.1 cm³/mol. The first-order valence-corrected chi connectivity index (χ1v) is 8.45. The van der Waals surface area contributed by atoms with Crippen molar-refractivity contribution in [2.24, 2.45) is 0 Å². The van der Waals surface area contributed by atoms with E-state index in [2.05, 4.69) is 4.74 Å². The van der Waals surface area contributed by atoms with Crippen LogP contribution >= 0.6 is 0 Å². The summed E-state index contributed by atoms with van der Waals surface area (Å²) in [4.78, 5) is 13.5. The predicted octanol–water partition coefficient (Wildman–Crippen LogP) is 1.70. The fourth-order valence-corrected chi connectivity index (χ4v) is 3.70. The normalized spacial score (nSPS) is 11.7. The number of carbonyl (C=O) groups is 1. The lowest BCUT2D eigenvalue weighted by Gasteiger charge is -2.19. The Hall–Kier alpha value is -2.12. The minimum Gasteiger partial charge on any atom is -0.468 e. The van der Waals surface area contributed by atoms with Gasteiger partial charge in [-0.05, 0) is 12.1 Å². The molecule has 0 aromatic heterocycles. The summed E-state index contributed by atoms with van der Waals surface area (Å²) >= 11 is 0. The maximum absolute atomic E-state index is 12.8. The number of benzene rings is 2. The lowest BCUT2D eigenvalue weighted by Crippen LogP contribution is -2.32. The van der Waals surface area contributed by atoms with Crippen molar-refractivity contribution in [3.63, 3.8) is 0 Å². The number of fused-ring (bicyclic) bond motifs is 1. The van der Waals surface area contributed by atoms with E-state index in [4.69, 9.17) is 0 Å². The summed E-state index contributed by atoms with van der Waals surface area (Å²) in [5.74, 6) is -0.606. The summed E-state index contributed by atoms with van der Waals surface area (Å²) < 4.78 is 31.1. The van der Waals surface area contributed by atoms with E-state index in [0.29, 0.717) is 5.39 Å². The molecule has 0 aliphatic carbocycles. The van der Waals surface area contributed by atoms with Crippen molar-refractivity contribution in [3.05, 3.63) is 36.4 Å². The number of likely N-dealkylation sites (N-methyl/N-ethyl adjacent to an activating group) is 1. The second-order valence-electron chi connectivity index (χ2n) is 5.36. The molecule has 7 heteroatoms. The fraction of sp³-hybridized carbons (Fsp3) is 0.312. The summed E-state index contributed by atoms with van der Waals surface area (Å²) in [6, 6.07) is 10.6. The molecule has 0 aliphatic heterocycles. The highest BCUT2D eigenvalue weighted by molar-refractivity contribution is 7.89. The molecule has 0 amide bonds. The van der Waals surface area contributed by atoms with Crippen LogP contribution in [0, 0.1) is 0 Å². The van der Waals surface area contributed by atoms with Gasteiger partial charge in [0.05, 0.1) is 12.0 Å². The van der Waals surface area contributed by atoms with Crippen LogP contribution in [0.2, 0.25) is 0 Å². The average Bonchev–Trinajstić information content (AvgIpc) is 2.53. The molecule has 6 nitrogen and oxygen atoms in total. The maximum atomic E-state index is 12.8. The van der Waals surface area contributed by atoms with Gasteiger partial charge in [-0.15, -0.1) is 0 Å². The Bertz CT molecular complexity index is 831. The highest BCUT2D eigenvalue weighted by Gasteiger charge is 2.25. The van der Waals surface area contributed by atoms with Gasteiger partial charge in [-0.25, -0.2) is 8.42 Å². The number of carbonyl (C=O) groups excluding carboxylic acids is 1. The van der Waals surface area contributed by atoms with Crippen LogP contribution in [0.5, 0.6) is 0 Å². The van der Waals surface area contributed by atoms with E-state index >= 15 is 0 Å². The molecule has 2 aromatic carbocycles. The van der Waals surface area contributed by atoms with E-state index in [1.165, 1.54) is 14.2 Å². The van der Waals surface area contributed by atoms with Crippen LogP contribution < -0.4 is 4.90 Å². The van der Waals surface area contributed by atoms with E-state index in [-0.39, 0.29) is 11.4 Å². The Morgan fingerprint density at radius 1 is 1.04 bits per heavy atom. The van der Waals surface area contributed by atoms with Gasteiger partial charge in [-0.3, -0.25) is 4.79 Å². The second kappa shape index (κ2) is 6.55. The van der Waals surface area contributed by atoms with Crippen molar-refractivity contribution in [3.8, 4) is 0 Å². The van der Waals surface area contributed by atoms with Crippen molar-refractivity contribution in [2.75, 3.05) is 39.7 Å². The number of rotatable bonds is 5. The summed E-state index contributed by atoms with van der Waals surface area (Å²) in [7, 11) is 2.59. The molecular weight excluding hydrogens is 316 g/mol. The monoisotopic (exact) mass is 336 g/mol. The third kappa shape index (κ3) is 3.30. The Kier molecular flexibility index (Phi) is 4.91.